The summed E-state index contributed by atoms with van der Waals surface area (Å²) >= 11 is 0. The molecule has 1 N–H and O–H groups in total. The predicted molar refractivity (Wildman–Crippen MR) is 120 cm³/mol. The zero-order valence-corrected chi connectivity index (χ0v) is 20.0. The number of halogens is 2. The lowest BCUT2D eigenvalue weighted by Crippen LogP contribution is -2.50. The minimum Gasteiger partial charge on any atom is -0.459 e. The van der Waals surface area contributed by atoms with Gasteiger partial charge in [-0.1, -0.05) is 18.2 Å². The van der Waals surface area contributed by atoms with Crippen molar-refractivity contribution in [2.45, 2.75) is 44.9 Å². The Bertz CT molecular complexity index is 1080. The second kappa shape index (κ2) is 11.4. The summed E-state index contributed by atoms with van der Waals surface area (Å²) in [5.41, 5.74) is -0.563. The van der Waals surface area contributed by atoms with Gasteiger partial charge >= 0.3 is 12.1 Å². The molecular formula is C23H27F2NO7S. The number of amides is 1. The smallest absolute Gasteiger partial charge is 0.407 e. The average Bonchev–Trinajstić information content (AvgIpc) is 2.68. The summed E-state index contributed by atoms with van der Waals surface area (Å²) in [5.74, 6) is -2.47. The lowest BCUT2D eigenvalue weighted by molar-refractivity contribution is 0.0197. The first-order chi connectivity index (χ1) is 15.7. The monoisotopic (exact) mass is 499 g/mol. The van der Waals surface area contributed by atoms with Gasteiger partial charge in [-0.25, -0.2) is 18.4 Å². The number of hydrogen-bond donors (Lipinski definition) is 1. The van der Waals surface area contributed by atoms with Gasteiger partial charge in [0.25, 0.3) is 10.1 Å². The van der Waals surface area contributed by atoms with Crippen molar-refractivity contribution in [1.29, 1.82) is 0 Å². The molecular weight excluding hydrogens is 472 g/mol. The fraction of sp³-hybridized carbons (Fsp3) is 0.391. The van der Waals surface area contributed by atoms with E-state index in [1.54, 1.807) is 39.0 Å². The van der Waals surface area contributed by atoms with Gasteiger partial charge in [-0.3, -0.25) is 4.18 Å². The number of ether oxygens (including phenoxy) is 2. The minimum absolute atomic E-state index is 0.107. The Labute approximate surface area is 197 Å². The molecule has 0 saturated heterocycles. The van der Waals surface area contributed by atoms with Crippen molar-refractivity contribution >= 4 is 22.2 Å². The lowest BCUT2D eigenvalue weighted by Gasteiger charge is -2.28. The van der Waals surface area contributed by atoms with Gasteiger partial charge in [0, 0.05) is 6.07 Å². The van der Waals surface area contributed by atoms with Crippen LogP contribution < -0.4 is 5.32 Å². The van der Waals surface area contributed by atoms with Gasteiger partial charge in [0.05, 0.1) is 17.9 Å². The molecule has 0 radical (unpaired) electrons. The zero-order chi connectivity index (χ0) is 25.5. The van der Waals surface area contributed by atoms with Crippen LogP contribution in [0, 0.1) is 11.6 Å². The first-order valence-corrected chi connectivity index (χ1v) is 12.1. The lowest BCUT2D eigenvalue weighted by atomic mass is 10.0. The number of carbonyl (C=O) groups excluding carboxylic acids is 2. The molecule has 0 saturated carbocycles. The Morgan fingerprint density at radius 2 is 1.62 bits per heavy atom. The van der Waals surface area contributed by atoms with Crippen LogP contribution in [0.25, 0.3) is 0 Å². The maximum Gasteiger partial charge on any atom is 0.407 e. The normalized spacial score (nSPS) is 13.6. The van der Waals surface area contributed by atoms with Gasteiger partial charge in [-0.15, -0.1) is 0 Å². The fourth-order valence-corrected chi connectivity index (χ4v) is 3.61. The molecule has 0 bridgehead atoms. The average molecular weight is 500 g/mol. The van der Waals surface area contributed by atoms with E-state index in [-0.39, 0.29) is 17.5 Å². The maximum atomic E-state index is 13.7. The van der Waals surface area contributed by atoms with Crippen molar-refractivity contribution in [2.75, 3.05) is 12.9 Å². The first kappa shape index (κ1) is 27.2. The summed E-state index contributed by atoms with van der Waals surface area (Å²) in [6, 6.07) is 9.47. The van der Waals surface area contributed by atoms with Gasteiger partial charge in [0.15, 0.2) is 0 Å². The van der Waals surface area contributed by atoms with Gasteiger partial charge in [-0.2, -0.15) is 8.42 Å². The van der Waals surface area contributed by atoms with Gasteiger partial charge in [0.2, 0.25) is 0 Å². The Hall–Kier alpha value is -3.05. The Morgan fingerprint density at radius 3 is 2.15 bits per heavy atom. The van der Waals surface area contributed by atoms with Crippen molar-refractivity contribution in [1.82, 2.24) is 5.32 Å². The van der Waals surface area contributed by atoms with E-state index >= 15 is 0 Å². The Morgan fingerprint density at radius 1 is 1.03 bits per heavy atom. The van der Waals surface area contributed by atoms with E-state index in [0.29, 0.717) is 6.07 Å². The van der Waals surface area contributed by atoms with Crippen LogP contribution in [0.1, 0.15) is 36.7 Å². The molecule has 0 aliphatic rings. The van der Waals surface area contributed by atoms with Crippen LogP contribution in [0.4, 0.5) is 13.6 Å². The summed E-state index contributed by atoms with van der Waals surface area (Å²) in [6.45, 7) is 4.28. The predicted octanol–water partition coefficient (Wildman–Crippen LogP) is 3.60. The molecule has 8 nitrogen and oxygen atoms in total. The highest BCUT2D eigenvalue weighted by molar-refractivity contribution is 7.86. The first-order valence-electron chi connectivity index (χ1n) is 10.3. The van der Waals surface area contributed by atoms with Crippen molar-refractivity contribution in [2.24, 2.45) is 0 Å². The van der Waals surface area contributed by atoms with Crippen LogP contribution in [0.5, 0.6) is 0 Å². The van der Waals surface area contributed by atoms with E-state index in [1.165, 1.54) is 12.1 Å². The summed E-state index contributed by atoms with van der Waals surface area (Å²) in [7, 11) is -4.09. The molecule has 2 aromatic carbocycles. The summed E-state index contributed by atoms with van der Waals surface area (Å²) in [5, 5.41) is 2.46. The molecule has 0 fully saturated rings. The van der Waals surface area contributed by atoms with E-state index < -0.39 is 58.2 Å². The number of benzene rings is 2. The number of nitrogens with one attached hydrogen (secondary N) is 1. The van der Waals surface area contributed by atoms with Crippen LogP contribution in [0.15, 0.2) is 48.5 Å². The number of alkyl carbamates (subject to hydrolysis) is 1. The highest BCUT2D eigenvalue weighted by Gasteiger charge is 2.31. The third-order valence-corrected chi connectivity index (χ3v) is 4.81. The van der Waals surface area contributed by atoms with E-state index in [2.05, 4.69) is 5.32 Å². The molecule has 0 heterocycles. The molecule has 186 valence electrons. The minimum atomic E-state index is -4.09. The summed E-state index contributed by atoms with van der Waals surface area (Å²) in [4.78, 5) is 24.8. The third kappa shape index (κ3) is 9.84. The van der Waals surface area contributed by atoms with Crippen molar-refractivity contribution in [3.8, 4) is 0 Å². The van der Waals surface area contributed by atoms with E-state index in [1.807, 2.05) is 0 Å². The van der Waals surface area contributed by atoms with Gasteiger partial charge in [-0.05, 0) is 57.0 Å². The summed E-state index contributed by atoms with van der Waals surface area (Å²) < 4.78 is 66.8. The van der Waals surface area contributed by atoms with Crippen LogP contribution >= 0.6 is 0 Å². The standard InChI is InChI=1S/C23H27F2NO7S/c1-23(2,3)32-22(28)26-19(12-15-10-17(24)13-18(25)11-15)20(33-34(4,29)30)14-31-21(27)16-8-6-5-7-9-16/h5-11,13,19-20H,12,14H2,1-4H3,(H,26,28)/t19-,20-/m0/s1. The Kier molecular flexibility index (Phi) is 9.11. The fourth-order valence-electron chi connectivity index (χ4n) is 2.97. The number of carbonyl (C=O) groups is 2. The third-order valence-electron chi connectivity index (χ3n) is 4.22. The number of hydrogen-bond acceptors (Lipinski definition) is 7. The SMILES string of the molecule is CC(C)(C)OC(=O)N[C@@H](Cc1cc(F)cc(F)c1)[C@H](COC(=O)c1ccccc1)OS(C)(=O)=O. The van der Waals surface area contributed by atoms with Crippen molar-refractivity contribution in [3.63, 3.8) is 0 Å². The molecule has 1 amide bonds. The quantitative estimate of drug-likeness (QED) is 0.415. The number of rotatable bonds is 9. The second-order valence-corrected chi connectivity index (χ2v) is 10.1. The second-order valence-electron chi connectivity index (χ2n) is 8.54. The highest BCUT2D eigenvalue weighted by atomic mass is 32.2. The number of esters is 1. The van der Waals surface area contributed by atoms with Gasteiger partial charge in [0.1, 0.15) is 29.9 Å². The molecule has 0 aliphatic heterocycles. The van der Waals surface area contributed by atoms with E-state index in [0.717, 1.165) is 18.4 Å². The van der Waals surface area contributed by atoms with Crippen LogP contribution in [-0.2, 0) is 30.2 Å². The largest absolute Gasteiger partial charge is 0.459 e. The van der Waals surface area contributed by atoms with Crippen molar-refractivity contribution < 1.29 is 40.4 Å². The van der Waals surface area contributed by atoms with Gasteiger partial charge < -0.3 is 14.8 Å². The van der Waals surface area contributed by atoms with Crippen LogP contribution in [0.2, 0.25) is 0 Å². The topological polar surface area (TPSA) is 108 Å². The Balaban J connectivity index is 2.33. The van der Waals surface area contributed by atoms with Crippen LogP contribution in [-0.4, -0.2) is 51.1 Å². The molecule has 11 heteroatoms. The zero-order valence-electron chi connectivity index (χ0n) is 19.2. The molecule has 0 spiro atoms. The molecule has 2 atom stereocenters. The molecule has 0 aromatic heterocycles. The maximum absolute atomic E-state index is 13.7. The van der Waals surface area contributed by atoms with Crippen molar-refractivity contribution in [3.05, 3.63) is 71.3 Å². The molecule has 0 unspecified atom stereocenters. The summed E-state index contributed by atoms with van der Waals surface area (Å²) in [6.07, 6.45) is -1.82. The van der Waals surface area contributed by atoms with E-state index in [9.17, 15) is 26.8 Å². The molecule has 2 rings (SSSR count). The molecule has 34 heavy (non-hydrogen) atoms. The molecule has 2 aromatic rings. The van der Waals surface area contributed by atoms with E-state index in [4.69, 9.17) is 13.7 Å². The molecule has 0 aliphatic carbocycles. The highest BCUT2D eigenvalue weighted by Crippen LogP contribution is 2.17. The van der Waals surface area contributed by atoms with Crippen LogP contribution in [0.3, 0.4) is 0 Å².